The summed E-state index contributed by atoms with van der Waals surface area (Å²) in [5, 5.41) is 2.70. The van der Waals surface area contributed by atoms with E-state index in [0.29, 0.717) is 11.1 Å². The van der Waals surface area contributed by atoms with E-state index in [1.54, 1.807) is 19.1 Å². The van der Waals surface area contributed by atoms with Crippen molar-refractivity contribution < 1.29 is 9.18 Å². The van der Waals surface area contributed by atoms with Gasteiger partial charge in [0.15, 0.2) is 0 Å². The molecule has 0 spiro atoms. The van der Waals surface area contributed by atoms with Gasteiger partial charge in [0.25, 0.3) is 5.91 Å². The zero-order chi connectivity index (χ0) is 10.7. The lowest BCUT2D eigenvalue weighted by atomic mass is 10.1. The van der Waals surface area contributed by atoms with Gasteiger partial charge in [0.1, 0.15) is 5.82 Å². The van der Waals surface area contributed by atoms with E-state index in [1.807, 2.05) is 13.8 Å². The number of halogens is 1. The molecule has 14 heavy (non-hydrogen) atoms. The van der Waals surface area contributed by atoms with Crippen LogP contribution in [0.1, 0.15) is 29.8 Å². The van der Waals surface area contributed by atoms with Crippen molar-refractivity contribution in [2.24, 2.45) is 0 Å². The molecular formula is C11H14FNO. The van der Waals surface area contributed by atoms with Crippen molar-refractivity contribution in [3.8, 4) is 0 Å². The number of aryl methyl sites for hydroxylation is 1. The Bertz CT molecular complexity index is 347. The standard InChI is InChI=1S/C11H14FNO/c1-7(2)13-11(14)9-5-4-8(3)10(12)6-9/h4-7H,1-3H3,(H,13,14). The van der Waals surface area contributed by atoms with Crippen LogP contribution in [0.5, 0.6) is 0 Å². The van der Waals surface area contributed by atoms with Crippen molar-refractivity contribution in [1.29, 1.82) is 0 Å². The number of carbonyl (C=O) groups excluding carboxylic acids is 1. The van der Waals surface area contributed by atoms with Crippen LogP contribution in [0.15, 0.2) is 18.2 Å². The SMILES string of the molecule is Cc1ccc(C(=O)NC(C)C)cc1F. The minimum atomic E-state index is -0.346. The Hall–Kier alpha value is -1.38. The van der Waals surface area contributed by atoms with Crippen molar-refractivity contribution in [2.45, 2.75) is 26.8 Å². The van der Waals surface area contributed by atoms with E-state index < -0.39 is 0 Å². The number of hydrogen-bond acceptors (Lipinski definition) is 1. The number of hydrogen-bond donors (Lipinski definition) is 1. The monoisotopic (exact) mass is 195 g/mol. The fourth-order valence-electron chi connectivity index (χ4n) is 1.08. The highest BCUT2D eigenvalue weighted by Crippen LogP contribution is 2.09. The lowest BCUT2D eigenvalue weighted by Crippen LogP contribution is -2.30. The molecule has 0 aromatic heterocycles. The average Bonchev–Trinajstić information content (AvgIpc) is 2.08. The minimum absolute atomic E-state index is 0.0619. The Morgan fingerprint density at radius 1 is 1.43 bits per heavy atom. The molecular weight excluding hydrogens is 181 g/mol. The molecule has 1 rings (SSSR count). The number of carbonyl (C=O) groups is 1. The smallest absolute Gasteiger partial charge is 0.251 e. The fourth-order valence-corrected chi connectivity index (χ4v) is 1.08. The summed E-state index contributed by atoms with van der Waals surface area (Å²) < 4.78 is 13.1. The molecule has 0 fully saturated rings. The lowest BCUT2D eigenvalue weighted by Gasteiger charge is -2.08. The van der Waals surface area contributed by atoms with Gasteiger partial charge in [-0.25, -0.2) is 4.39 Å². The van der Waals surface area contributed by atoms with E-state index in [4.69, 9.17) is 0 Å². The zero-order valence-electron chi connectivity index (χ0n) is 8.60. The van der Waals surface area contributed by atoms with Gasteiger partial charge in [0.2, 0.25) is 0 Å². The zero-order valence-corrected chi connectivity index (χ0v) is 8.60. The van der Waals surface area contributed by atoms with Gasteiger partial charge < -0.3 is 5.32 Å². The van der Waals surface area contributed by atoms with E-state index in [1.165, 1.54) is 6.07 Å². The first-order valence-electron chi connectivity index (χ1n) is 4.57. The molecule has 3 heteroatoms. The van der Waals surface area contributed by atoms with Crippen molar-refractivity contribution in [1.82, 2.24) is 5.32 Å². The summed E-state index contributed by atoms with van der Waals surface area (Å²) in [4.78, 5) is 11.4. The molecule has 0 aliphatic carbocycles. The summed E-state index contributed by atoms with van der Waals surface area (Å²) in [7, 11) is 0. The van der Waals surface area contributed by atoms with Gasteiger partial charge in [-0.3, -0.25) is 4.79 Å². The Morgan fingerprint density at radius 2 is 2.07 bits per heavy atom. The van der Waals surface area contributed by atoms with Gasteiger partial charge in [-0.2, -0.15) is 0 Å². The number of benzene rings is 1. The fraction of sp³-hybridized carbons (Fsp3) is 0.364. The van der Waals surface area contributed by atoms with E-state index in [-0.39, 0.29) is 17.8 Å². The first kappa shape index (κ1) is 10.7. The number of rotatable bonds is 2. The average molecular weight is 195 g/mol. The largest absolute Gasteiger partial charge is 0.350 e. The van der Waals surface area contributed by atoms with Crippen LogP contribution >= 0.6 is 0 Å². The molecule has 76 valence electrons. The highest BCUT2D eigenvalue weighted by atomic mass is 19.1. The van der Waals surface area contributed by atoms with Crippen LogP contribution in [-0.4, -0.2) is 11.9 Å². The molecule has 1 amide bonds. The summed E-state index contributed by atoms with van der Waals surface area (Å²) in [6, 6.07) is 4.54. The van der Waals surface area contributed by atoms with Gasteiger partial charge in [-0.1, -0.05) is 6.07 Å². The van der Waals surface area contributed by atoms with Crippen LogP contribution in [-0.2, 0) is 0 Å². The second-order valence-electron chi connectivity index (χ2n) is 3.59. The molecule has 0 saturated carbocycles. The molecule has 0 aliphatic heterocycles. The van der Waals surface area contributed by atoms with Crippen LogP contribution in [0.25, 0.3) is 0 Å². The molecule has 0 aliphatic rings. The second-order valence-corrected chi connectivity index (χ2v) is 3.59. The van der Waals surface area contributed by atoms with E-state index in [2.05, 4.69) is 5.32 Å². The van der Waals surface area contributed by atoms with Crippen LogP contribution in [0.2, 0.25) is 0 Å². The van der Waals surface area contributed by atoms with Gasteiger partial charge in [-0.05, 0) is 38.5 Å². The molecule has 0 radical (unpaired) electrons. The van der Waals surface area contributed by atoms with Crippen molar-refractivity contribution in [3.63, 3.8) is 0 Å². The Morgan fingerprint density at radius 3 is 2.57 bits per heavy atom. The first-order chi connectivity index (χ1) is 6.50. The third-order valence-electron chi connectivity index (χ3n) is 1.85. The summed E-state index contributed by atoms with van der Waals surface area (Å²) in [6.45, 7) is 5.39. The molecule has 0 atom stereocenters. The maximum Gasteiger partial charge on any atom is 0.251 e. The van der Waals surface area contributed by atoms with Crippen LogP contribution in [0.3, 0.4) is 0 Å². The molecule has 0 unspecified atom stereocenters. The molecule has 1 aromatic carbocycles. The molecule has 2 nitrogen and oxygen atoms in total. The van der Waals surface area contributed by atoms with Crippen molar-refractivity contribution in [2.75, 3.05) is 0 Å². The van der Waals surface area contributed by atoms with Crippen LogP contribution in [0, 0.1) is 12.7 Å². The van der Waals surface area contributed by atoms with E-state index >= 15 is 0 Å². The summed E-state index contributed by atoms with van der Waals surface area (Å²) in [6.07, 6.45) is 0. The third-order valence-corrected chi connectivity index (χ3v) is 1.85. The van der Waals surface area contributed by atoms with Crippen LogP contribution in [0.4, 0.5) is 4.39 Å². The predicted molar refractivity (Wildman–Crippen MR) is 53.7 cm³/mol. The van der Waals surface area contributed by atoms with Gasteiger partial charge in [-0.15, -0.1) is 0 Å². The Balaban J connectivity index is 2.86. The van der Waals surface area contributed by atoms with Gasteiger partial charge >= 0.3 is 0 Å². The quantitative estimate of drug-likeness (QED) is 0.770. The predicted octanol–water partition coefficient (Wildman–Crippen LogP) is 2.27. The first-order valence-corrected chi connectivity index (χ1v) is 4.57. The molecule has 1 aromatic rings. The Kier molecular flexibility index (Phi) is 3.23. The van der Waals surface area contributed by atoms with Gasteiger partial charge in [0, 0.05) is 11.6 Å². The van der Waals surface area contributed by atoms with E-state index in [0.717, 1.165) is 0 Å². The van der Waals surface area contributed by atoms with Crippen molar-refractivity contribution >= 4 is 5.91 Å². The van der Waals surface area contributed by atoms with E-state index in [9.17, 15) is 9.18 Å². The third kappa shape index (κ3) is 2.55. The molecule has 0 heterocycles. The minimum Gasteiger partial charge on any atom is -0.350 e. The number of amides is 1. The topological polar surface area (TPSA) is 29.1 Å². The highest BCUT2D eigenvalue weighted by molar-refractivity contribution is 5.94. The number of nitrogens with one attached hydrogen (secondary N) is 1. The second kappa shape index (κ2) is 4.22. The van der Waals surface area contributed by atoms with Gasteiger partial charge in [0.05, 0.1) is 0 Å². The normalized spacial score (nSPS) is 10.4. The van der Waals surface area contributed by atoms with Crippen LogP contribution < -0.4 is 5.32 Å². The van der Waals surface area contributed by atoms with Crippen molar-refractivity contribution in [3.05, 3.63) is 35.1 Å². The molecule has 0 saturated heterocycles. The summed E-state index contributed by atoms with van der Waals surface area (Å²) in [5.74, 6) is -0.583. The molecule has 1 N–H and O–H groups in total. The maximum atomic E-state index is 13.1. The maximum absolute atomic E-state index is 13.1. The Labute approximate surface area is 83.1 Å². The lowest BCUT2D eigenvalue weighted by molar-refractivity contribution is 0.0942. The molecule has 0 bridgehead atoms. The highest BCUT2D eigenvalue weighted by Gasteiger charge is 2.08. The summed E-state index contributed by atoms with van der Waals surface area (Å²) in [5.41, 5.74) is 0.910. The summed E-state index contributed by atoms with van der Waals surface area (Å²) >= 11 is 0.